The molecule has 1 amide bonds. The second-order valence-corrected chi connectivity index (χ2v) is 7.19. The minimum absolute atomic E-state index is 0.0000119. The molecular formula is C15H13ClN2O3S2. The average molecular weight is 369 g/mol. The molecule has 0 spiro atoms. The Labute approximate surface area is 146 Å². The molecule has 120 valence electrons. The van der Waals surface area contributed by atoms with Gasteiger partial charge in [-0.05, 0) is 12.1 Å². The zero-order valence-corrected chi connectivity index (χ0v) is 14.4. The summed E-state index contributed by atoms with van der Waals surface area (Å²) in [7, 11) is 0. The molecule has 0 N–H and O–H groups in total. The first kappa shape index (κ1) is 16.3. The van der Waals surface area contributed by atoms with Gasteiger partial charge in [-0.2, -0.15) is 0 Å². The number of carbonyl (C=O) groups is 2. The molecule has 1 aliphatic rings. The molecule has 0 bridgehead atoms. The summed E-state index contributed by atoms with van der Waals surface area (Å²) < 4.78 is 5.19. The van der Waals surface area contributed by atoms with Crippen molar-refractivity contribution in [3.63, 3.8) is 0 Å². The van der Waals surface area contributed by atoms with Gasteiger partial charge >= 0.3 is 5.97 Å². The van der Waals surface area contributed by atoms with E-state index >= 15 is 0 Å². The number of esters is 1. The summed E-state index contributed by atoms with van der Waals surface area (Å²) in [6.45, 7) is 0.703. The second kappa shape index (κ2) is 7.33. The lowest BCUT2D eigenvalue weighted by Crippen LogP contribution is -2.30. The summed E-state index contributed by atoms with van der Waals surface area (Å²) in [4.78, 5) is 29.1. The highest BCUT2D eigenvalue weighted by Gasteiger charge is 2.23. The first-order chi connectivity index (χ1) is 11.1. The number of thioether (sulfide) groups is 1. The molecule has 1 aliphatic heterocycles. The maximum Gasteiger partial charge on any atom is 0.326 e. The van der Waals surface area contributed by atoms with E-state index in [1.807, 2.05) is 29.6 Å². The van der Waals surface area contributed by atoms with E-state index < -0.39 is 5.97 Å². The van der Waals surface area contributed by atoms with Crippen LogP contribution in [0, 0.1) is 0 Å². The third-order valence-corrected chi connectivity index (χ3v) is 5.27. The highest BCUT2D eigenvalue weighted by atomic mass is 35.5. The molecular weight excluding hydrogens is 356 g/mol. The number of halogens is 1. The van der Waals surface area contributed by atoms with Crippen LogP contribution in [0.25, 0.3) is 10.6 Å². The molecule has 1 aromatic carbocycles. The highest BCUT2D eigenvalue weighted by Crippen LogP contribution is 2.25. The van der Waals surface area contributed by atoms with Gasteiger partial charge in [-0.25, -0.2) is 4.98 Å². The molecule has 0 unspecified atom stereocenters. The van der Waals surface area contributed by atoms with Crippen molar-refractivity contribution in [3.8, 4) is 10.6 Å². The zero-order chi connectivity index (χ0) is 16.2. The molecule has 2 heterocycles. The number of thiazole rings is 1. The third-order valence-electron chi connectivity index (χ3n) is 3.19. The molecule has 3 rings (SSSR count). The lowest BCUT2D eigenvalue weighted by molar-refractivity contribution is -0.145. The molecule has 2 aromatic rings. The first-order valence-electron chi connectivity index (χ1n) is 6.89. The lowest BCUT2D eigenvalue weighted by atomic mass is 10.2. The normalized spacial score (nSPS) is 14.3. The molecule has 0 aliphatic carbocycles. The maximum absolute atomic E-state index is 11.8. The van der Waals surface area contributed by atoms with Crippen LogP contribution in [0.4, 0.5) is 4.79 Å². The van der Waals surface area contributed by atoms with Gasteiger partial charge in [-0.1, -0.05) is 35.5 Å². The summed E-state index contributed by atoms with van der Waals surface area (Å²) in [5, 5.41) is 3.31. The Morgan fingerprint density at radius 2 is 2.13 bits per heavy atom. The average Bonchev–Trinajstić information content (AvgIpc) is 3.16. The number of aromatic nitrogens is 1. The van der Waals surface area contributed by atoms with Crippen molar-refractivity contribution >= 4 is 45.9 Å². The van der Waals surface area contributed by atoms with Gasteiger partial charge < -0.3 is 9.64 Å². The number of hydrogen-bond acceptors (Lipinski definition) is 6. The number of carbonyl (C=O) groups excluding carboxylic acids is 2. The minimum atomic E-state index is -0.415. The van der Waals surface area contributed by atoms with Crippen LogP contribution in [0.1, 0.15) is 5.69 Å². The van der Waals surface area contributed by atoms with Gasteiger partial charge in [0.15, 0.2) is 0 Å². The molecule has 1 fully saturated rings. The Morgan fingerprint density at radius 3 is 2.83 bits per heavy atom. The summed E-state index contributed by atoms with van der Waals surface area (Å²) in [5.74, 6) is 0.310. The zero-order valence-electron chi connectivity index (χ0n) is 12.0. The van der Waals surface area contributed by atoms with Crippen LogP contribution < -0.4 is 0 Å². The van der Waals surface area contributed by atoms with Crippen LogP contribution in [0.2, 0.25) is 5.02 Å². The fourth-order valence-corrected chi connectivity index (χ4v) is 3.78. The van der Waals surface area contributed by atoms with Gasteiger partial charge in [0.05, 0.1) is 5.69 Å². The topological polar surface area (TPSA) is 59.5 Å². The summed E-state index contributed by atoms with van der Waals surface area (Å²) in [6.07, 6.45) is 0. The molecule has 0 radical (unpaired) electrons. The molecule has 0 atom stereocenters. The van der Waals surface area contributed by atoms with E-state index in [-0.39, 0.29) is 18.4 Å². The highest BCUT2D eigenvalue weighted by molar-refractivity contribution is 8.13. The van der Waals surface area contributed by atoms with Crippen molar-refractivity contribution in [1.29, 1.82) is 0 Å². The van der Waals surface area contributed by atoms with E-state index in [1.54, 1.807) is 0 Å². The molecule has 0 saturated carbocycles. The van der Waals surface area contributed by atoms with Crippen LogP contribution in [0.15, 0.2) is 29.6 Å². The SMILES string of the molecule is O=C(CN1CCSC1=O)OCc1csc(-c2ccc(Cl)cc2)n1. The van der Waals surface area contributed by atoms with Crippen molar-refractivity contribution in [2.45, 2.75) is 6.61 Å². The monoisotopic (exact) mass is 368 g/mol. The largest absolute Gasteiger partial charge is 0.458 e. The number of rotatable bonds is 5. The smallest absolute Gasteiger partial charge is 0.326 e. The van der Waals surface area contributed by atoms with E-state index in [2.05, 4.69) is 4.98 Å². The van der Waals surface area contributed by atoms with Gasteiger partial charge in [0.1, 0.15) is 18.2 Å². The Hall–Kier alpha value is -1.57. The van der Waals surface area contributed by atoms with E-state index in [9.17, 15) is 9.59 Å². The maximum atomic E-state index is 11.8. The molecule has 23 heavy (non-hydrogen) atoms. The fraction of sp³-hybridized carbons (Fsp3) is 0.267. The standard InChI is InChI=1S/C15H13ClN2O3S2/c16-11-3-1-10(2-4-11)14-17-12(9-23-14)8-21-13(19)7-18-5-6-22-15(18)20/h1-4,9H,5-8H2. The number of ether oxygens (including phenoxy) is 1. The van der Waals surface area contributed by atoms with E-state index in [4.69, 9.17) is 16.3 Å². The van der Waals surface area contributed by atoms with Gasteiger partial charge in [0.2, 0.25) is 0 Å². The van der Waals surface area contributed by atoms with Crippen molar-refractivity contribution in [2.24, 2.45) is 0 Å². The summed E-state index contributed by atoms with van der Waals surface area (Å²) >= 11 is 8.57. The second-order valence-electron chi connectivity index (χ2n) is 4.85. The van der Waals surface area contributed by atoms with Crippen LogP contribution in [0.5, 0.6) is 0 Å². The van der Waals surface area contributed by atoms with E-state index in [0.717, 1.165) is 16.3 Å². The molecule has 8 heteroatoms. The Morgan fingerprint density at radius 1 is 1.35 bits per heavy atom. The first-order valence-corrected chi connectivity index (χ1v) is 9.14. The van der Waals surface area contributed by atoms with Crippen molar-refractivity contribution in [3.05, 3.63) is 40.4 Å². The Bertz CT molecular complexity index is 718. The fourth-order valence-electron chi connectivity index (χ4n) is 2.02. The minimum Gasteiger partial charge on any atom is -0.458 e. The number of amides is 1. The molecule has 1 saturated heterocycles. The van der Waals surface area contributed by atoms with E-state index in [1.165, 1.54) is 28.0 Å². The molecule has 1 aromatic heterocycles. The number of benzene rings is 1. The van der Waals surface area contributed by atoms with Gasteiger partial charge in [0.25, 0.3) is 5.24 Å². The van der Waals surface area contributed by atoms with Crippen molar-refractivity contribution < 1.29 is 14.3 Å². The Kier molecular flexibility index (Phi) is 5.20. The third kappa shape index (κ3) is 4.25. The summed E-state index contributed by atoms with van der Waals surface area (Å²) in [6, 6.07) is 7.41. The van der Waals surface area contributed by atoms with Crippen LogP contribution in [-0.2, 0) is 16.1 Å². The Balaban J connectivity index is 1.53. The lowest BCUT2D eigenvalue weighted by Gasteiger charge is -2.12. The predicted molar refractivity (Wildman–Crippen MR) is 91.8 cm³/mol. The van der Waals surface area contributed by atoms with Crippen molar-refractivity contribution in [1.82, 2.24) is 9.88 Å². The molecule has 5 nitrogen and oxygen atoms in total. The summed E-state index contributed by atoms with van der Waals surface area (Å²) in [5.41, 5.74) is 1.66. The van der Waals surface area contributed by atoms with Gasteiger partial charge in [0, 0.05) is 28.3 Å². The number of nitrogens with zero attached hydrogens (tertiary/aromatic N) is 2. The van der Waals surface area contributed by atoms with Crippen LogP contribution >= 0.6 is 34.7 Å². The van der Waals surface area contributed by atoms with E-state index in [0.29, 0.717) is 17.3 Å². The van der Waals surface area contributed by atoms with Gasteiger partial charge in [-0.3, -0.25) is 9.59 Å². The van der Waals surface area contributed by atoms with Crippen LogP contribution in [-0.4, -0.2) is 39.9 Å². The quantitative estimate of drug-likeness (QED) is 0.753. The predicted octanol–water partition coefficient (Wildman–Crippen LogP) is 3.68. The number of hydrogen-bond donors (Lipinski definition) is 0. The van der Waals surface area contributed by atoms with Crippen LogP contribution in [0.3, 0.4) is 0 Å². The van der Waals surface area contributed by atoms with Crippen molar-refractivity contribution in [2.75, 3.05) is 18.8 Å². The van der Waals surface area contributed by atoms with Gasteiger partial charge in [-0.15, -0.1) is 11.3 Å².